The summed E-state index contributed by atoms with van der Waals surface area (Å²) in [5.74, 6) is 0.677. The number of hydrogen-bond acceptors (Lipinski definition) is 4. The predicted octanol–water partition coefficient (Wildman–Crippen LogP) is 3.39. The number of para-hydroxylation sites is 1. The summed E-state index contributed by atoms with van der Waals surface area (Å²) in [6, 6.07) is 16.1. The number of benzene rings is 2. The van der Waals surface area contributed by atoms with Crippen LogP contribution in [0.5, 0.6) is 5.75 Å². The van der Waals surface area contributed by atoms with E-state index in [4.69, 9.17) is 9.47 Å². The van der Waals surface area contributed by atoms with E-state index < -0.39 is 5.54 Å². The van der Waals surface area contributed by atoms with E-state index in [1.807, 2.05) is 37.3 Å². The summed E-state index contributed by atoms with van der Waals surface area (Å²) in [5, 5.41) is 1.09. The molecule has 3 aliphatic heterocycles. The number of methoxy groups -OCH3 is 1. The van der Waals surface area contributed by atoms with E-state index in [1.54, 1.807) is 16.9 Å². The Hall–Kier alpha value is -3.32. The summed E-state index contributed by atoms with van der Waals surface area (Å²) in [7, 11) is 1.65. The number of hydrogen-bond donors (Lipinski definition) is 1. The van der Waals surface area contributed by atoms with Gasteiger partial charge in [-0.1, -0.05) is 30.3 Å². The monoisotopic (exact) mass is 459 g/mol. The SMILES string of the molecule is COc1ccc(C2CN3C(=O)CN(CC4CCCO4)C(=O)C3(C)c3[nH]c4ccccc4c32)cc1. The van der Waals surface area contributed by atoms with E-state index >= 15 is 0 Å². The zero-order valence-electron chi connectivity index (χ0n) is 19.5. The molecular weight excluding hydrogens is 430 g/mol. The molecule has 2 aromatic carbocycles. The maximum atomic E-state index is 14.0. The van der Waals surface area contributed by atoms with Crippen molar-refractivity contribution in [2.75, 3.05) is 33.4 Å². The molecule has 6 rings (SSSR count). The lowest BCUT2D eigenvalue weighted by Gasteiger charge is -2.51. The van der Waals surface area contributed by atoms with Crippen molar-refractivity contribution in [1.82, 2.24) is 14.8 Å². The third kappa shape index (κ3) is 3.06. The van der Waals surface area contributed by atoms with Gasteiger partial charge in [-0.2, -0.15) is 0 Å². The normalized spacial score (nSPS) is 26.6. The van der Waals surface area contributed by atoms with E-state index in [0.717, 1.165) is 52.9 Å². The molecule has 7 nitrogen and oxygen atoms in total. The van der Waals surface area contributed by atoms with Gasteiger partial charge in [0.1, 0.15) is 5.75 Å². The molecule has 2 fully saturated rings. The molecule has 0 bridgehead atoms. The van der Waals surface area contributed by atoms with Gasteiger partial charge in [-0.05, 0) is 49.1 Å². The summed E-state index contributed by atoms with van der Waals surface area (Å²) in [4.78, 5) is 34.6. The van der Waals surface area contributed by atoms with Crippen molar-refractivity contribution < 1.29 is 19.1 Å². The minimum Gasteiger partial charge on any atom is -0.497 e. The van der Waals surface area contributed by atoms with E-state index in [2.05, 4.69) is 23.2 Å². The third-order valence-corrected chi connectivity index (χ3v) is 7.78. The Kier molecular flexibility index (Phi) is 4.92. The summed E-state index contributed by atoms with van der Waals surface area (Å²) in [5.41, 5.74) is 2.91. The molecule has 0 spiro atoms. The second-order valence-electron chi connectivity index (χ2n) is 9.68. The first-order valence-electron chi connectivity index (χ1n) is 12.0. The van der Waals surface area contributed by atoms with E-state index in [0.29, 0.717) is 13.1 Å². The van der Waals surface area contributed by atoms with Crippen LogP contribution in [0.15, 0.2) is 48.5 Å². The van der Waals surface area contributed by atoms with Crippen molar-refractivity contribution in [3.63, 3.8) is 0 Å². The lowest BCUT2D eigenvalue weighted by Crippen LogP contribution is -2.68. The molecule has 0 saturated carbocycles. The Bertz CT molecular complexity index is 1260. The summed E-state index contributed by atoms with van der Waals surface area (Å²) in [6.07, 6.45) is 1.93. The number of H-pyrrole nitrogens is 1. The Morgan fingerprint density at radius 1 is 1.15 bits per heavy atom. The van der Waals surface area contributed by atoms with Gasteiger partial charge in [0.2, 0.25) is 5.91 Å². The highest BCUT2D eigenvalue weighted by molar-refractivity contribution is 6.01. The van der Waals surface area contributed by atoms with Crippen LogP contribution in [-0.2, 0) is 19.9 Å². The summed E-state index contributed by atoms with van der Waals surface area (Å²) >= 11 is 0. The molecule has 0 aliphatic carbocycles. The second kappa shape index (κ2) is 7.87. The minimum atomic E-state index is -1.08. The van der Waals surface area contributed by atoms with Gasteiger partial charge in [0, 0.05) is 36.5 Å². The number of ether oxygens (including phenoxy) is 2. The Morgan fingerprint density at radius 2 is 1.94 bits per heavy atom. The molecule has 0 radical (unpaired) electrons. The van der Waals surface area contributed by atoms with Crippen LogP contribution in [0.4, 0.5) is 0 Å². The van der Waals surface area contributed by atoms with Gasteiger partial charge in [-0.3, -0.25) is 9.59 Å². The summed E-state index contributed by atoms with van der Waals surface area (Å²) < 4.78 is 11.1. The highest BCUT2D eigenvalue weighted by Crippen LogP contribution is 2.48. The fourth-order valence-electron chi connectivity index (χ4n) is 5.99. The average Bonchev–Trinajstić information content (AvgIpc) is 3.51. The van der Waals surface area contributed by atoms with Gasteiger partial charge in [-0.25, -0.2) is 0 Å². The van der Waals surface area contributed by atoms with Gasteiger partial charge in [0.05, 0.1) is 25.5 Å². The zero-order valence-corrected chi connectivity index (χ0v) is 19.5. The maximum Gasteiger partial charge on any atom is 0.255 e. The average molecular weight is 460 g/mol. The highest BCUT2D eigenvalue weighted by Gasteiger charge is 2.56. The molecule has 3 unspecified atom stereocenters. The van der Waals surface area contributed by atoms with Crippen LogP contribution >= 0.6 is 0 Å². The van der Waals surface area contributed by atoms with E-state index in [-0.39, 0.29) is 30.4 Å². The minimum absolute atomic E-state index is 0.00437. The van der Waals surface area contributed by atoms with Crippen molar-refractivity contribution in [3.05, 3.63) is 65.4 Å². The fraction of sp³-hybridized carbons (Fsp3) is 0.407. The molecule has 1 aromatic heterocycles. The lowest BCUT2D eigenvalue weighted by molar-refractivity contribution is -0.167. The molecule has 176 valence electrons. The Balaban J connectivity index is 1.49. The van der Waals surface area contributed by atoms with Gasteiger partial charge in [0.25, 0.3) is 5.91 Å². The van der Waals surface area contributed by atoms with Crippen molar-refractivity contribution in [1.29, 1.82) is 0 Å². The molecule has 7 heteroatoms. The van der Waals surface area contributed by atoms with Crippen molar-refractivity contribution in [3.8, 4) is 5.75 Å². The number of nitrogens with zero attached hydrogens (tertiary/aromatic N) is 2. The first-order valence-corrected chi connectivity index (χ1v) is 12.0. The number of aromatic amines is 1. The predicted molar refractivity (Wildman–Crippen MR) is 128 cm³/mol. The standard InChI is InChI=1S/C27H29N3O4/c1-27-25-24(20-7-3-4-8-22(20)28-25)21(17-9-11-18(33-2)12-10-17)15-30(27)23(31)16-29(26(27)32)14-19-6-5-13-34-19/h3-4,7-12,19,21,28H,5-6,13-16H2,1-2H3. The molecule has 4 heterocycles. The molecule has 2 amide bonds. The largest absolute Gasteiger partial charge is 0.497 e. The molecular formula is C27H29N3O4. The van der Waals surface area contributed by atoms with Crippen molar-refractivity contribution in [2.45, 2.75) is 37.3 Å². The maximum absolute atomic E-state index is 14.0. The molecule has 34 heavy (non-hydrogen) atoms. The van der Waals surface area contributed by atoms with Crippen LogP contribution in [-0.4, -0.2) is 66.1 Å². The number of carbonyl (C=O) groups is 2. The van der Waals surface area contributed by atoms with E-state index in [9.17, 15) is 9.59 Å². The van der Waals surface area contributed by atoms with Gasteiger partial charge < -0.3 is 24.3 Å². The number of amides is 2. The number of nitrogens with one attached hydrogen (secondary N) is 1. The van der Waals surface area contributed by atoms with Crippen LogP contribution in [0.1, 0.15) is 42.5 Å². The second-order valence-corrected chi connectivity index (χ2v) is 9.68. The lowest BCUT2D eigenvalue weighted by atomic mass is 9.76. The molecule has 3 atom stereocenters. The van der Waals surface area contributed by atoms with Gasteiger partial charge >= 0.3 is 0 Å². The molecule has 1 N–H and O–H groups in total. The number of rotatable bonds is 4. The van der Waals surface area contributed by atoms with E-state index in [1.165, 1.54) is 0 Å². The summed E-state index contributed by atoms with van der Waals surface area (Å²) in [6.45, 7) is 3.63. The molecule has 3 aliphatic rings. The number of carbonyl (C=O) groups excluding carboxylic acids is 2. The Labute approximate surface area is 198 Å². The molecule has 3 aromatic rings. The number of piperazine rings is 1. The first-order chi connectivity index (χ1) is 16.5. The van der Waals surface area contributed by atoms with Crippen molar-refractivity contribution >= 4 is 22.7 Å². The van der Waals surface area contributed by atoms with Gasteiger partial charge in [-0.15, -0.1) is 0 Å². The van der Waals surface area contributed by atoms with Crippen LogP contribution in [0.25, 0.3) is 10.9 Å². The first kappa shape index (κ1) is 21.2. The van der Waals surface area contributed by atoms with Crippen LogP contribution in [0, 0.1) is 0 Å². The molecule has 2 saturated heterocycles. The smallest absolute Gasteiger partial charge is 0.255 e. The Morgan fingerprint density at radius 3 is 2.68 bits per heavy atom. The highest BCUT2D eigenvalue weighted by atomic mass is 16.5. The topological polar surface area (TPSA) is 74.9 Å². The number of fused-ring (bicyclic) bond motifs is 5. The van der Waals surface area contributed by atoms with Crippen LogP contribution < -0.4 is 4.74 Å². The van der Waals surface area contributed by atoms with Gasteiger partial charge in [0.15, 0.2) is 5.54 Å². The number of aromatic nitrogens is 1. The van der Waals surface area contributed by atoms with Crippen LogP contribution in [0.3, 0.4) is 0 Å². The third-order valence-electron chi connectivity index (χ3n) is 7.78. The fourth-order valence-corrected chi connectivity index (χ4v) is 5.99. The van der Waals surface area contributed by atoms with Crippen LogP contribution in [0.2, 0.25) is 0 Å². The van der Waals surface area contributed by atoms with Crippen molar-refractivity contribution in [2.24, 2.45) is 0 Å². The zero-order chi connectivity index (χ0) is 23.4. The quantitative estimate of drug-likeness (QED) is 0.649.